The summed E-state index contributed by atoms with van der Waals surface area (Å²) in [4.78, 5) is 81.9. The lowest BCUT2D eigenvalue weighted by atomic mass is 9.84. The van der Waals surface area contributed by atoms with Gasteiger partial charge in [-0.15, -0.1) is 0 Å². The number of anilines is 4. The fourth-order valence-electron chi connectivity index (χ4n) is 11.8. The molecule has 3 fully saturated rings. The van der Waals surface area contributed by atoms with E-state index >= 15 is 4.39 Å². The van der Waals surface area contributed by atoms with Crippen molar-refractivity contribution in [2.24, 2.45) is 7.05 Å². The first-order valence-electron chi connectivity index (χ1n) is 25.3. The number of piperidine rings is 2. The Bertz CT molecular complexity index is 3390. The van der Waals surface area contributed by atoms with Gasteiger partial charge in [-0.2, -0.15) is 0 Å². The highest BCUT2D eigenvalue weighted by Gasteiger charge is 2.61. The van der Waals surface area contributed by atoms with Gasteiger partial charge >= 0.3 is 0 Å². The third kappa shape index (κ3) is 8.33. The topological polar surface area (TPSA) is 178 Å². The Hall–Kier alpha value is -7.57. The summed E-state index contributed by atoms with van der Waals surface area (Å²) in [6.45, 7) is 6.21. The number of carbonyl (C=O) groups is 4. The molecular weight excluding hydrogens is 947 g/mol. The average Bonchev–Trinajstić information content (AvgIpc) is 4.11. The number of halogens is 2. The minimum atomic E-state index is -0.978. The van der Waals surface area contributed by atoms with E-state index in [0.717, 1.165) is 22.4 Å². The number of hydrogen-bond donors (Lipinski definition) is 3. The van der Waals surface area contributed by atoms with Gasteiger partial charge in [-0.05, 0) is 117 Å². The molecule has 0 radical (unpaired) electrons. The number of pyridine rings is 3. The number of benzene rings is 2. The van der Waals surface area contributed by atoms with E-state index in [1.165, 1.54) is 27.8 Å². The molecule has 1 aliphatic carbocycles. The Balaban J connectivity index is 0.713. The van der Waals surface area contributed by atoms with Crippen molar-refractivity contribution in [1.29, 1.82) is 0 Å². The van der Waals surface area contributed by atoms with Crippen LogP contribution in [-0.4, -0.2) is 105 Å². The van der Waals surface area contributed by atoms with E-state index in [1.807, 2.05) is 61.0 Å². The number of imide groups is 1. The number of amides is 4. The number of carbonyl (C=O) groups excluding carboxylic acids is 4. The van der Waals surface area contributed by atoms with E-state index < -0.39 is 34.6 Å². The number of fused-ring (bicyclic) bond motifs is 3. The van der Waals surface area contributed by atoms with Gasteiger partial charge < -0.3 is 24.8 Å². The lowest BCUT2D eigenvalue weighted by molar-refractivity contribution is -0.135. The molecule has 8 heterocycles. The zero-order valence-electron chi connectivity index (χ0n) is 42.0. The van der Waals surface area contributed by atoms with Gasteiger partial charge in [0, 0.05) is 106 Å². The highest BCUT2D eigenvalue weighted by atomic mass is 19.1. The standard InChI is InChI=1S/C56H58F2N10O6/c1-32-24-36(26-40(57)50(32)35-13-20-65(21-14-35)33(2)46-27-38-43(12-19-60-51(38)64(46)5)67-31-41(58)42(59-3)28-49(67)70)53(72)63(4)37-7-10-47(61-30-37)66-22-17-55(74,18-23-66)29-34-6-8-44-39(25-34)56(15-16-56)54(73)68(44)45-9-11-48(69)62-52(45)71/h6-8,10,12-13,19,24-28,30-31,33,45,59,74H,9,11,14-18,20-23,29H2,1-5H3,(H,62,69,71)/t33-,45?/m0/s1. The monoisotopic (exact) mass is 1000 g/mol. The van der Waals surface area contributed by atoms with Gasteiger partial charge in [-0.25, -0.2) is 18.7 Å². The van der Waals surface area contributed by atoms with Crippen LogP contribution in [0.25, 0.3) is 22.3 Å². The minimum absolute atomic E-state index is 0.0766. The second-order valence-electron chi connectivity index (χ2n) is 20.7. The van der Waals surface area contributed by atoms with Crippen molar-refractivity contribution < 1.29 is 33.1 Å². The molecule has 3 N–H and O–H groups in total. The first-order valence-corrected chi connectivity index (χ1v) is 25.3. The highest BCUT2D eigenvalue weighted by Crippen LogP contribution is 2.58. The molecule has 16 nitrogen and oxygen atoms in total. The molecule has 6 aromatic rings. The molecule has 1 saturated carbocycles. The maximum Gasteiger partial charge on any atom is 0.258 e. The van der Waals surface area contributed by atoms with E-state index in [0.29, 0.717) is 116 Å². The molecule has 382 valence electrons. The third-order valence-corrected chi connectivity index (χ3v) is 16.3. The molecule has 1 spiro atoms. The first-order chi connectivity index (χ1) is 35.5. The van der Waals surface area contributed by atoms with Crippen LogP contribution in [0.2, 0.25) is 0 Å². The molecule has 4 aromatic heterocycles. The van der Waals surface area contributed by atoms with Crippen LogP contribution in [0.15, 0.2) is 90.1 Å². The summed E-state index contributed by atoms with van der Waals surface area (Å²) < 4.78 is 34.2. The zero-order chi connectivity index (χ0) is 52.0. The Labute approximate surface area is 426 Å². The van der Waals surface area contributed by atoms with Crippen LogP contribution >= 0.6 is 0 Å². The summed E-state index contributed by atoms with van der Waals surface area (Å²) >= 11 is 0. The molecule has 4 aliphatic heterocycles. The van der Waals surface area contributed by atoms with Gasteiger partial charge in [0.25, 0.3) is 11.5 Å². The Kier molecular flexibility index (Phi) is 12.1. The zero-order valence-corrected chi connectivity index (χ0v) is 42.0. The van der Waals surface area contributed by atoms with Crippen LogP contribution in [0.1, 0.15) is 96.2 Å². The van der Waals surface area contributed by atoms with Crippen LogP contribution in [0.3, 0.4) is 0 Å². The van der Waals surface area contributed by atoms with Gasteiger partial charge in [0.05, 0.1) is 40.5 Å². The molecule has 18 heteroatoms. The maximum atomic E-state index is 16.2. The summed E-state index contributed by atoms with van der Waals surface area (Å²) in [5.41, 5.74) is 5.59. The van der Waals surface area contributed by atoms with Crippen LogP contribution in [-0.2, 0) is 33.3 Å². The highest BCUT2D eigenvalue weighted by molar-refractivity contribution is 6.15. The molecule has 74 heavy (non-hydrogen) atoms. The molecule has 1 unspecified atom stereocenters. The third-order valence-electron chi connectivity index (χ3n) is 16.3. The fourth-order valence-corrected chi connectivity index (χ4v) is 11.8. The summed E-state index contributed by atoms with van der Waals surface area (Å²) in [6.07, 6.45) is 10.3. The summed E-state index contributed by atoms with van der Waals surface area (Å²) in [6, 6.07) is 16.7. The predicted octanol–water partition coefficient (Wildman–Crippen LogP) is 6.63. The van der Waals surface area contributed by atoms with E-state index in [-0.39, 0.29) is 47.0 Å². The average molecular weight is 1010 g/mol. The van der Waals surface area contributed by atoms with Crippen molar-refractivity contribution in [3.8, 4) is 5.69 Å². The van der Waals surface area contributed by atoms with Gasteiger partial charge in [0.1, 0.15) is 23.3 Å². The van der Waals surface area contributed by atoms with Gasteiger partial charge in [-0.3, -0.25) is 43.7 Å². The van der Waals surface area contributed by atoms with E-state index in [2.05, 4.69) is 32.3 Å². The molecule has 11 rings (SSSR count). The first kappa shape index (κ1) is 48.7. The van der Waals surface area contributed by atoms with Gasteiger partial charge in [0.2, 0.25) is 17.7 Å². The number of nitrogens with one attached hydrogen (secondary N) is 2. The van der Waals surface area contributed by atoms with Gasteiger partial charge in [-0.1, -0.05) is 18.2 Å². The number of hydrogen-bond acceptors (Lipinski definition) is 11. The van der Waals surface area contributed by atoms with Crippen molar-refractivity contribution in [1.82, 2.24) is 29.3 Å². The number of aliphatic hydroxyl groups is 1. The van der Waals surface area contributed by atoms with Crippen molar-refractivity contribution in [2.45, 2.75) is 88.3 Å². The molecule has 2 atom stereocenters. The smallest absolute Gasteiger partial charge is 0.258 e. The molecule has 4 amide bonds. The van der Waals surface area contributed by atoms with Gasteiger partial charge in [0.15, 0.2) is 5.82 Å². The second kappa shape index (κ2) is 18.4. The molecule has 2 saturated heterocycles. The SMILES string of the molecule is CNc1cc(=O)n(-c2ccnc3c2cc([C@H](C)N2CC=C(c4c(C)cc(C(=O)N(C)c5ccc(N6CCC(O)(Cc7ccc8c(c7)C7(CC7)C(=O)N8C7CCC(=O)NC7=O)CC6)nc5)cc4F)CC2)n3C)cc1F. The number of nitrogens with zero attached hydrogens (tertiary/aromatic N) is 8. The molecular formula is C56H58F2N10O6. The Morgan fingerprint density at radius 2 is 1.73 bits per heavy atom. The maximum absolute atomic E-state index is 16.2. The fraction of sp³-hybridized carbons (Fsp3) is 0.375. The van der Waals surface area contributed by atoms with Crippen LogP contribution in [0.5, 0.6) is 0 Å². The Morgan fingerprint density at radius 3 is 2.41 bits per heavy atom. The van der Waals surface area contributed by atoms with E-state index in [4.69, 9.17) is 4.98 Å². The number of aromatic nitrogens is 4. The minimum Gasteiger partial charge on any atom is -0.389 e. The summed E-state index contributed by atoms with van der Waals surface area (Å²) in [5, 5.41) is 17.6. The normalized spacial score (nSPS) is 19.6. The lowest BCUT2D eigenvalue weighted by Crippen LogP contribution is -2.54. The summed E-state index contributed by atoms with van der Waals surface area (Å²) in [5.74, 6) is -1.54. The van der Waals surface area contributed by atoms with E-state index in [1.54, 1.807) is 43.5 Å². The molecule has 2 aromatic carbocycles. The second-order valence-corrected chi connectivity index (χ2v) is 20.7. The molecule has 0 bridgehead atoms. The number of rotatable bonds is 11. The quantitative estimate of drug-likeness (QED) is 0.119. The summed E-state index contributed by atoms with van der Waals surface area (Å²) in [7, 11) is 5.12. The number of aryl methyl sites for hydroxylation is 2. The van der Waals surface area contributed by atoms with Crippen molar-refractivity contribution in [3.63, 3.8) is 0 Å². The largest absolute Gasteiger partial charge is 0.389 e. The van der Waals surface area contributed by atoms with Crippen LogP contribution in [0.4, 0.5) is 31.7 Å². The van der Waals surface area contributed by atoms with Crippen LogP contribution < -0.4 is 30.9 Å². The molecule has 5 aliphatic rings. The van der Waals surface area contributed by atoms with Crippen molar-refractivity contribution in [2.75, 3.05) is 60.3 Å². The Morgan fingerprint density at radius 1 is 0.946 bits per heavy atom. The van der Waals surface area contributed by atoms with Crippen molar-refractivity contribution in [3.05, 3.63) is 141 Å². The van der Waals surface area contributed by atoms with Crippen LogP contribution in [0, 0.1) is 18.6 Å². The predicted molar refractivity (Wildman–Crippen MR) is 278 cm³/mol. The lowest BCUT2D eigenvalue weighted by Gasteiger charge is -2.39. The van der Waals surface area contributed by atoms with Crippen molar-refractivity contribution >= 4 is 63.1 Å². The van der Waals surface area contributed by atoms with E-state index in [9.17, 15) is 33.5 Å².